The minimum atomic E-state index is -0.414. The average molecular weight is 272 g/mol. The fourth-order valence-corrected chi connectivity index (χ4v) is 2.01. The molecule has 0 saturated carbocycles. The summed E-state index contributed by atoms with van der Waals surface area (Å²) in [6.07, 6.45) is 0. The molecule has 0 unspecified atom stereocenters. The molecular weight excluding hydrogens is 256 g/mol. The molecular formula is C15H16N2O3. The van der Waals surface area contributed by atoms with Crippen LogP contribution in [0.25, 0.3) is 0 Å². The van der Waals surface area contributed by atoms with Gasteiger partial charge in [-0.3, -0.25) is 10.1 Å². The number of hydrogen-bond donors (Lipinski definition) is 2. The van der Waals surface area contributed by atoms with Gasteiger partial charge in [0, 0.05) is 29.9 Å². The van der Waals surface area contributed by atoms with Crippen LogP contribution in [0.3, 0.4) is 0 Å². The van der Waals surface area contributed by atoms with Gasteiger partial charge in [0.15, 0.2) is 0 Å². The van der Waals surface area contributed by atoms with E-state index < -0.39 is 4.92 Å². The average Bonchev–Trinajstić information content (AvgIpc) is 2.41. The predicted molar refractivity (Wildman–Crippen MR) is 78.0 cm³/mol. The van der Waals surface area contributed by atoms with Gasteiger partial charge in [0.25, 0.3) is 5.69 Å². The molecule has 0 radical (unpaired) electrons. The second kappa shape index (κ2) is 5.61. The van der Waals surface area contributed by atoms with Gasteiger partial charge in [0.2, 0.25) is 0 Å². The van der Waals surface area contributed by atoms with Crippen molar-refractivity contribution in [1.29, 1.82) is 0 Å². The number of nitrogens with zero attached hydrogens (tertiary/aromatic N) is 1. The largest absolute Gasteiger partial charge is 0.507 e. The van der Waals surface area contributed by atoms with Crippen LogP contribution in [0.4, 0.5) is 11.4 Å². The van der Waals surface area contributed by atoms with Gasteiger partial charge in [-0.1, -0.05) is 18.2 Å². The first-order chi connectivity index (χ1) is 9.49. The summed E-state index contributed by atoms with van der Waals surface area (Å²) in [5.74, 6) is 0.277. The first-order valence-corrected chi connectivity index (χ1v) is 6.25. The van der Waals surface area contributed by atoms with E-state index in [1.54, 1.807) is 6.07 Å². The summed E-state index contributed by atoms with van der Waals surface area (Å²) in [5.41, 5.74) is 3.31. The van der Waals surface area contributed by atoms with Crippen LogP contribution in [-0.2, 0) is 6.54 Å². The number of nitro benzene ring substituents is 1. The highest BCUT2D eigenvalue weighted by molar-refractivity contribution is 5.56. The molecule has 5 heteroatoms. The maximum Gasteiger partial charge on any atom is 0.269 e. The van der Waals surface area contributed by atoms with Crippen LogP contribution < -0.4 is 5.32 Å². The first kappa shape index (κ1) is 13.9. The Bertz CT molecular complexity index is 654. The lowest BCUT2D eigenvalue weighted by molar-refractivity contribution is -0.384. The first-order valence-electron chi connectivity index (χ1n) is 6.25. The second-order valence-corrected chi connectivity index (χ2v) is 4.69. The summed E-state index contributed by atoms with van der Waals surface area (Å²) in [7, 11) is 0. The molecule has 0 fully saturated rings. The highest BCUT2D eigenvalue weighted by atomic mass is 16.6. The van der Waals surface area contributed by atoms with E-state index in [0.717, 1.165) is 22.4 Å². The quantitative estimate of drug-likeness (QED) is 0.659. The Morgan fingerprint density at radius 3 is 2.60 bits per heavy atom. The molecule has 0 aromatic heterocycles. The number of hydrogen-bond acceptors (Lipinski definition) is 4. The molecule has 0 amide bonds. The van der Waals surface area contributed by atoms with Crippen molar-refractivity contribution in [2.45, 2.75) is 20.4 Å². The predicted octanol–water partition coefficient (Wildman–Crippen LogP) is 3.53. The molecule has 0 aliphatic carbocycles. The Hall–Kier alpha value is -2.56. The molecule has 0 spiro atoms. The summed E-state index contributed by atoms with van der Waals surface area (Å²) in [6.45, 7) is 4.12. The minimum absolute atomic E-state index is 0.0754. The zero-order valence-corrected chi connectivity index (χ0v) is 11.4. The Morgan fingerprint density at radius 1 is 1.20 bits per heavy atom. The normalized spacial score (nSPS) is 10.3. The molecule has 0 aliphatic rings. The molecule has 2 rings (SSSR count). The van der Waals surface area contributed by atoms with Crippen molar-refractivity contribution in [3.05, 3.63) is 63.2 Å². The SMILES string of the molecule is Cc1cc([N+](=O)[O-])ccc1NCc1cccc(C)c1O. The molecule has 2 N–H and O–H groups in total. The van der Waals surface area contributed by atoms with Gasteiger partial charge in [0.1, 0.15) is 5.75 Å². The van der Waals surface area contributed by atoms with Gasteiger partial charge >= 0.3 is 0 Å². The summed E-state index contributed by atoms with van der Waals surface area (Å²) < 4.78 is 0. The fourth-order valence-electron chi connectivity index (χ4n) is 2.01. The van der Waals surface area contributed by atoms with E-state index in [1.807, 2.05) is 32.0 Å². The summed E-state index contributed by atoms with van der Waals surface area (Å²) in [6, 6.07) is 10.2. The summed E-state index contributed by atoms with van der Waals surface area (Å²) in [4.78, 5) is 10.3. The summed E-state index contributed by atoms with van der Waals surface area (Å²) >= 11 is 0. The third-order valence-electron chi connectivity index (χ3n) is 3.21. The number of nitro groups is 1. The maximum absolute atomic E-state index is 10.7. The second-order valence-electron chi connectivity index (χ2n) is 4.69. The molecule has 104 valence electrons. The number of nitrogens with one attached hydrogen (secondary N) is 1. The number of para-hydroxylation sites is 1. The van der Waals surface area contributed by atoms with E-state index in [-0.39, 0.29) is 11.4 Å². The molecule has 0 bridgehead atoms. The van der Waals surface area contributed by atoms with Crippen LogP contribution in [0.1, 0.15) is 16.7 Å². The number of phenols is 1. The zero-order valence-electron chi connectivity index (χ0n) is 11.4. The standard InChI is InChI=1S/C15H16N2O3/c1-10-4-3-5-12(15(10)18)9-16-14-7-6-13(17(19)20)8-11(14)2/h3-8,16,18H,9H2,1-2H3. The maximum atomic E-state index is 10.7. The number of benzene rings is 2. The van der Waals surface area contributed by atoms with Gasteiger partial charge in [-0.25, -0.2) is 0 Å². The smallest absolute Gasteiger partial charge is 0.269 e. The Balaban J connectivity index is 2.15. The molecule has 20 heavy (non-hydrogen) atoms. The van der Waals surface area contributed by atoms with E-state index in [2.05, 4.69) is 5.32 Å². The van der Waals surface area contributed by atoms with Crippen molar-refractivity contribution in [3.63, 3.8) is 0 Å². The van der Waals surface area contributed by atoms with Crippen molar-refractivity contribution < 1.29 is 10.0 Å². The minimum Gasteiger partial charge on any atom is -0.507 e. The number of rotatable bonds is 4. The van der Waals surface area contributed by atoms with E-state index in [9.17, 15) is 15.2 Å². The Labute approximate surface area is 117 Å². The van der Waals surface area contributed by atoms with E-state index in [4.69, 9.17) is 0 Å². The van der Waals surface area contributed by atoms with Gasteiger partial charge in [-0.05, 0) is 31.0 Å². The van der Waals surface area contributed by atoms with Crippen LogP contribution in [-0.4, -0.2) is 10.0 Å². The van der Waals surface area contributed by atoms with Crippen molar-refractivity contribution >= 4 is 11.4 Å². The Kier molecular flexibility index (Phi) is 3.89. The lowest BCUT2D eigenvalue weighted by Gasteiger charge is -2.11. The topological polar surface area (TPSA) is 75.4 Å². The lowest BCUT2D eigenvalue weighted by Crippen LogP contribution is -2.02. The number of aromatic hydroxyl groups is 1. The molecule has 5 nitrogen and oxygen atoms in total. The monoisotopic (exact) mass is 272 g/mol. The number of anilines is 1. The summed E-state index contributed by atoms with van der Waals surface area (Å²) in [5, 5.41) is 23.8. The van der Waals surface area contributed by atoms with Crippen molar-refractivity contribution in [2.24, 2.45) is 0 Å². The van der Waals surface area contributed by atoms with E-state index in [0.29, 0.717) is 6.54 Å². The van der Waals surface area contributed by atoms with Crippen LogP contribution in [0.5, 0.6) is 5.75 Å². The van der Waals surface area contributed by atoms with Gasteiger partial charge in [-0.2, -0.15) is 0 Å². The molecule has 0 saturated heterocycles. The van der Waals surface area contributed by atoms with Crippen LogP contribution in [0.2, 0.25) is 0 Å². The van der Waals surface area contributed by atoms with Gasteiger partial charge in [0.05, 0.1) is 4.92 Å². The van der Waals surface area contributed by atoms with Crippen molar-refractivity contribution in [3.8, 4) is 5.75 Å². The fraction of sp³-hybridized carbons (Fsp3) is 0.200. The molecule has 2 aromatic rings. The highest BCUT2D eigenvalue weighted by Crippen LogP contribution is 2.25. The number of phenolic OH excluding ortho intramolecular Hbond substituents is 1. The lowest BCUT2D eigenvalue weighted by atomic mass is 10.1. The number of non-ortho nitro benzene ring substituents is 1. The zero-order chi connectivity index (χ0) is 14.7. The number of aryl methyl sites for hydroxylation is 2. The van der Waals surface area contributed by atoms with Crippen molar-refractivity contribution in [2.75, 3.05) is 5.32 Å². The van der Waals surface area contributed by atoms with E-state index >= 15 is 0 Å². The van der Waals surface area contributed by atoms with Crippen LogP contribution in [0.15, 0.2) is 36.4 Å². The van der Waals surface area contributed by atoms with Gasteiger partial charge in [-0.15, -0.1) is 0 Å². The van der Waals surface area contributed by atoms with Crippen LogP contribution in [0, 0.1) is 24.0 Å². The molecule has 0 heterocycles. The Morgan fingerprint density at radius 2 is 1.95 bits per heavy atom. The van der Waals surface area contributed by atoms with Gasteiger partial charge < -0.3 is 10.4 Å². The third kappa shape index (κ3) is 2.88. The molecule has 2 aromatic carbocycles. The van der Waals surface area contributed by atoms with Crippen molar-refractivity contribution in [1.82, 2.24) is 0 Å². The molecule has 0 atom stereocenters. The molecule has 0 aliphatic heterocycles. The third-order valence-corrected chi connectivity index (χ3v) is 3.21. The van der Waals surface area contributed by atoms with Crippen LogP contribution >= 0.6 is 0 Å². The highest BCUT2D eigenvalue weighted by Gasteiger charge is 2.09. The van der Waals surface area contributed by atoms with E-state index in [1.165, 1.54) is 12.1 Å².